The number of ether oxygens (including phenoxy) is 3. The van der Waals surface area contributed by atoms with Crippen molar-refractivity contribution in [3.63, 3.8) is 0 Å². The number of hydrogen-bond donors (Lipinski definition) is 1. The maximum atomic E-state index is 12.4. The zero-order chi connectivity index (χ0) is 21.7. The molecule has 0 radical (unpaired) electrons. The number of rotatable bonds is 7. The van der Waals surface area contributed by atoms with E-state index in [0.717, 1.165) is 29.7 Å². The van der Waals surface area contributed by atoms with Crippen LogP contribution >= 0.6 is 11.3 Å². The molecule has 0 spiro atoms. The molecule has 1 aliphatic carbocycles. The van der Waals surface area contributed by atoms with Crippen molar-refractivity contribution in [3.8, 4) is 5.75 Å². The molecule has 8 heteroatoms. The molecule has 3 rings (SSSR count). The Kier molecular flexibility index (Phi) is 7.10. The van der Waals surface area contributed by atoms with Crippen LogP contribution in [0.3, 0.4) is 0 Å². The molecule has 7 nitrogen and oxygen atoms in total. The Morgan fingerprint density at radius 2 is 1.90 bits per heavy atom. The highest BCUT2D eigenvalue weighted by Gasteiger charge is 2.29. The van der Waals surface area contributed by atoms with E-state index in [-0.39, 0.29) is 0 Å². The third-order valence-electron chi connectivity index (χ3n) is 4.89. The van der Waals surface area contributed by atoms with Crippen molar-refractivity contribution in [3.05, 3.63) is 45.8 Å². The lowest BCUT2D eigenvalue weighted by atomic mass is 9.88. The van der Waals surface area contributed by atoms with E-state index >= 15 is 0 Å². The molecular formula is C22H25NO6S. The van der Waals surface area contributed by atoms with E-state index in [1.807, 2.05) is 6.92 Å². The minimum absolute atomic E-state index is 0.321. The van der Waals surface area contributed by atoms with Crippen LogP contribution < -0.4 is 10.1 Å². The molecule has 1 aromatic heterocycles. The van der Waals surface area contributed by atoms with Crippen LogP contribution in [-0.4, -0.2) is 38.2 Å². The molecule has 160 valence electrons. The summed E-state index contributed by atoms with van der Waals surface area (Å²) in [4.78, 5) is 37.9. The SMILES string of the molecule is CCOc1ccc(C(=O)OCC(=O)Nc2sc3c(c2C(=O)OC)CCC(C)C3)cc1. The molecule has 30 heavy (non-hydrogen) atoms. The molecule has 1 aromatic carbocycles. The van der Waals surface area contributed by atoms with Crippen LogP contribution in [0.1, 0.15) is 51.4 Å². The van der Waals surface area contributed by atoms with E-state index in [1.54, 1.807) is 24.3 Å². The van der Waals surface area contributed by atoms with Crippen molar-refractivity contribution in [1.29, 1.82) is 0 Å². The van der Waals surface area contributed by atoms with Gasteiger partial charge in [0.25, 0.3) is 5.91 Å². The van der Waals surface area contributed by atoms with Crippen molar-refractivity contribution >= 4 is 34.2 Å². The summed E-state index contributed by atoms with van der Waals surface area (Å²) in [5.74, 6) is -0.408. The van der Waals surface area contributed by atoms with Crippen LogP contribution in [0.25, 0.3) is 0 Å². The third-order valence-corrected chi connectivity index (χ3v) is 6.06. The number of carbonyl (C=O) groups excluding carboxylic acids is 3. The Balaban J connectivity index is 1.64. The average molecular weight is 432 g/mol. The molecule has 1 N–H and O–H groups in total. The minimum Gasteiger partial charge on any atom is -0.494 e. The number of benzene rings is 1. The fourth-order valence-corrected chi connectivity index (χ4v) is 4.80. The summed E-state index contributed by atoms with van der Waals surface area (Å²) in [6.45, 7) is 4.12. The Labute approximate surface area is 179 Å². The second-order valence-corrected chi connectivity index (χ2v) is 8.23. The summed E-state index contributed by atoms with van der Waals surface area (Å²) in [6.07, 6.45) is 2.63. The summed E-state index contributed by atoms with van der Waals surface area (Å²) in [5, 5.41) is 3.16. The van der Waals surface area contributed by atoms with Gasteiger partial charge in [0.15, 0.2) is 6.61 Å². The van der Waals surface area contributed by atoms with Crippen LogP contribution in [0.2, 0.25) is 0 Å². The highest BCUT2D eigenvalue weighted by molar-refractivity contribution is 7.17. The van der Waals surface area contributed by atoms with Gasteiger partial charge in [-0.05, 0) is 61.9 Å². The van der Waals surface area contributed by atoms with Crippen molar-refractivity contribution in [1.82, 2.24) is 0 Å². The van der Waals surface area contributed by atoms with Crippen LogP contribution in [0.5, 0.6) is 5.75 Å². The molecule has 0 saturated heterocycles. The number of hydrogen-bond acceptors (Lipinski definition) is 7. The zero-order valence-corrected chi connectivity index (χ0v) is 18.1. The molecule has 1 aliphatic rings. The van der Waals surface area contributed by atoms with Gasteiger partial charge in [0.05, 0.1) is 24.8 Å². The fourth-order valence-electron chi connectivity index (χ4n) is 3.39. The lowest BCUT2D eigenvalue weighted by Gasteiger charge is -2.18. The first-order valence-electron chi connectivity index (χ1n) is 9.85. The standard InChI is InChI=1S/C22H25NO6S/c1-4-28-15-8-6-14(7-9-15)21(25)29-12-18(24)23-20-19(22(26)27-3)16-10-5-13(2)11-17(16)30-20/h6-9,13H,4-5,10-12H2,1-3H3,(H,23,24). The van der Waals surface area contributed by atoms with Crippen LogP contribution in [0, 0.1) is 5.92 Å². The topological polar surface area (TPSA) is 90.9 Å². The third kappa shape index (κ3) is 4.99. The Bertz CT molecular complexity index is 934. The predicted octanol–water partition coefficient (Wildman–Crippen LogP) is 3.85. The molecule has 0 aliphatic heterocycles. The van der Waals surface area contributed by atoms with Crippen LogP contribution in [0.4, 0.5) is 5.00 Å². The number of anilines is 1. The summed E-state index contributed by atoms with van der Waals surface area (Å²) in [7, 11) is 1.32. The van der Waals surface area contributed by atoms with Gasteiger partial charge in [-0.25, -0.2) is 9.59 Å². The lowest BCUT2D eigenvalue weighted by molar-refractivity contribution is -0.119. The van der Waals surface area contributed by atoms with Crippen LogP contribution in [-0.2, 0) is 27.1 Å². The minimum atomic E-state index is -0.610. The predicted molar refractivity (Wildman–Crippen MR) is 113 cm³/mol. The van der Waals surface area contributed by atoms with Crippen molar-refractivity contribution in [2.75, 3.05) is 25.6 Å². The summed E-state index contributed by atoms with van der Waals surface area (Å²) in [6, 6.07) is 6.49. The van der Waals surface area contributed by atoms with Gasteiger partial charge >= 0.3 is 11.9 Å². The first-order valence-corrected chi connectivity index (χ1v) is 10.7. The molecule has 1 heterocycles. The molecule has 0 saturated carbocycles. The maximum Gasteiger partial charge on any atom is 0.341 e. The van der Waals surface area contributed by atoms with Gasteiger partial charge in [0.2, 0.25) is 0 Å². The van der Waals surface area contributed by atoms with E-state index in [1.165, 1.54) is 18.4 Å². The number of thiophene rings is 1. The molecule has 1 atom stereocenters. The number of nitrogens with one attached hydrogen (secondary N) is 1. The molecule has 1 unspecified atom stereocenters. The number of carbonyl (C=O) groups is 3. The highest BCUT2D eigenvalue weighted by atomic mass is 32.1. The van der Waals surface area contributed by atoms with Gasteiger partial charge in [-0.1, -0.05) is 6.92 Å². The average Bonchev–Trinajstić information content (AvgIpc) is 3.08. The van der Waals surface area contributed by atoms with Crippen molar-refractivity contribution < 1.29 is 28.6 Å². The van der Waals surface area contributed by atoms with E-state index in [2.05, 4.69) is 12.2 Å². The normalized spacial score (nSPS) is 15.1. The van der Waals surface area contributed by atoms with Gasteiger partial charge in [-0.2, -0.15) is 0 Å². The molecule has 2 aromatic rings. The first-order chi connectivity index (χ1) is 14.4. The lowest BCUT2D eigenvalue weighted by Crippen LogP contribution is -2.22. The fraction of sp³-hybridized carbons (Fsp3) is 0.409. The molecular weight excluding hydrogens is 406 g/mol. The largest absolute Gasteiger partial charge is 0.494 e. The summed E-state index contributed by atoms with van der Waals surface area (Å²) in [5.41, 5.74) is 1.68. The second kappa shape index (κ2) is 9.75. The monoisotopic (exact) mass is 431 g/mol. The van der Waals surface area contributed by atoms with Gasteiger partial charge < -0.3 is 19.5 Å². The van der Waals surface area contributed by atoms with Gasteiger partial charge in [0.1, 0.15) is 10.8 Å². The Hall–Kier alpha value is -2.87. The maximum absolute atomic E-state index is 12.4. The molecule has 0 fully saturated rings. The van der Waals surface area contributed by atoms with Gasteiger partial charge in [-0.3, -0.25) is 4.79 Å². The Morgan fingerprint density at radius 1 is 1.17 bits per heavy atom. The van der Waals surface area contributed by atoms with Crippen LogP contribution in [0.15, 0.2) is 24.3 Å². The van der Waals surface area contributed by atoms with Gasteiger partial charge in [0, 0.05) is 4.88 Å². The van der Waals surface area contributed by atoms with Crippen molar-refractivity contribution in [2.24, 2.45) is 5.92 Å². The van der Waals surface area contributed by atoms with E-state index in [9.17, 15) is 14.4 Å². The summed E-state index contributed by atoms with van der Waals surface area (Å²) >= 11 is 1.39. The zero-order valence-electron chi connectivity index (χ0n) is 17.3. The summed E-state index contributed by atoms with van der Waals surface area (Å²) < 4.78 is 15.4. The first kappa shape index (κ1) is 21.8. The van der Waals surface area contributed by atoms with Gasteiger partial charge in [-0.15, -0.1) is 11.3 Å². The number of methoxy groups -OCH3 is 1. The molecule has 1 amide bonds. The number of amides is 1. The van der Waals surface area contributed by atoms with E-state index in [4.69, 9.17) is 14.2 Å². The van der Waals surface area contributed by atoms with E-state index < -0.39 is 24.5 Å². The number of fused-ring (bicyclic) bond motifs is 1. The van der Waals surface area contributed by atoms with Crippen molar-refractivity contribution in [2.45, 2.75) is 33.1 Å². The Morgan fingerprint density at radius 3 is 2.57 bits per heavy atom. The number of esters is 2. The smallest absolute Gasteiger partial charge is 0.341 e. The quantitative estimate of drug-likeness (QED) is 0.670. The molecule has 0 bridgehead atoms. The van der Waals surface area contributed by atoms with E-state index in [0.29, 0.717) is 34.4 Å². The second-order valence-electron chi connectivity index (χ2n) is 7.13. The highest BCUT2D eigenvalue weighted by Crippen LogP contribution is 2.40.